The fourth-order valence-electron chi connectivity index (χ4n) is 1.03. The lowest BCUT2D eigenvalue weighted by molar-refractivity contribution is -0.220. The zero-order valence-electron chi connectivity index (χ0n) is 9.47. The first kappa shape index (κ1) is 12.8. The molecule has 0 saturated heterocycles. The van der Waals surface area contributed by atoms with Crippen LogP contribution in [0.5, 0.6) is 0 Å². The van der Waals surface area contributed by atoms with Crippen LogP contribution >= 0.6 is 11.3 Å². The number of hydrogen-bond donors (Lipinski definition) is 0. The lowest BCUT2D eigenvalue weighted by Gasteiger charge is -2.25. The Kier molecular flexibility index (Phi) is 4.14. The van der Waals surface area contributed by atoms with Crippen LogP contribution in [0.4, 0.5) is 0 Å². The van der Waals surface area contributed by atoms with Crippen LogP contribution < -0.4 is 0 Å². The predicted octanol–water partition coefficient (Wildman–Crippen LogP) is 1.64. The Morgan fingerprint density at radius 3 is 2.62 bits per heavy atom. The topological polar surface area (TPSA) is 59.5 Å². The summed E-state index contributed by atoms with van der Waals surface area (Å²) in [6.07, 6.45) is 2.82. The third kappa shape index (κ3) is 4.08. The molecule has 0 saturated carbocycles. The quantitative estimate of drug-likeness (QED) is 0.582. The monoisotopic (exact) mass is 242 g/mol. The van der Waals surface area contributed by atoms with Gasteiger partial charge in [-0.25, -0.2) is 10.0 Å². The highest BCUT2D eigenvalue weighted by Crippen LogP contribution is 2.15. The first-order chi connectivity index (χ1) is 7.44. The Balaban J connectivity index is 2.63. The van der Waals surface area contributed by atoms with Crippen LogP contribution in [0.1, 0.15) is 35.5 Å². The summed E-state index contributed by atoms with van der Waals surface area (Å²) in [6.45, 7) is 5.80. The second-order valence-electron chi connectivity index (χ2n) is 4.16. The van der Waals surface area contributed by atoms with Crippen molar-refractivity contribution in [2.24, 2.45) is 0 Å². The van der Waals surface area contributed by atoms with Crippen molar-refractivity contribution in [2.45, 2.75) is 32.9 Å². The van der Waals surface area contributed by atoms with Gasteiger partial charge < -0.3 is 0 Å². The summed E-state index contributed by atoms with van der Waals surface area (Å²) >= 11 is 1.24. The maximum atomic E-state index is 10.8. The summed E-state index contributed by atoms with van der Waals surface area (Å²) in [6, 6.07) is 0. The van der Waals surface area contributed by atoms with E-state index >= 15 is 0 Å². The number of aromatic nitrogens is 1. The van der Waals surface area contributed by atoms with Gasteiger partial charge >= 0.3 is 0 Å². The minimum atomic E-state index is -0.439. The van der Waals surface area contributed by atoms with Crippen molar-refractivity contribution in [3.63, 3.8) is 0 Å². The summed E-state index contributed by atoms with van der Waals surface area (Å²) in [5, 5.41) is 1.84. The van der Waals surface area contributed by atoms with E-state index in [1.165, 1.54) is 22.6 Å². The highest BCUT2D eigenvalue weighted by atomic mass is 32.1. The van der Waals surface area contributed by atoms with Gasteiger partial charge in [-0.2, -0.15) is 0 Å². The van der Waals surface area contributed by atoms with Gasteiger partial charge in [0.05, 0.1) is 10.5 Å². The standard InChI is InChI=1S/C10H14N2O3S/c1-10(2,3)15-12(7-14)5-9-11-4-8(6-13)16-9/h4,6-7H,5H2,1-3H3. The molecule has 0 fully saturated rings. The van der Waals surface area contributed by atoms with Crippen molar-refractivity contribution in [3.8, 4) is 0 Å². The molecule has 0 N–H and O–H groups in total. The number of carbonyl (C=O) groups is 2. The van der Waals surface area contributed by atoms with E-state index in [0.717, 1.165) is 6.29 Å². The van der Waals surface area contributed by atoms with Crippen LogP contribution in [-0.4, -0.2) is 28.3 Å². The third-order valence-electron chi connectivity index (χ3n) is 1.49. The number of nitrogens with zero attached hydrogens (tertiary/aromatic N) is 2. The molecule has 1 aromatic rings. The Hall–Kier alpha value is -1.27. The second-order valence-corrected chi connectivity index (χ2v) is 5.31. The van der Waals surface area contributed by atoms with Crippen LogP contribution in [0.25, 0.3) is 0 Å². The zero-order chi connectivity index (χ0) is 12.2. The van der Waals surface area contributed by atoms with Crippen LogP contribution in [0.2, 0.25) is 0 Å². The van der Waals surface area contributed by atoms with E-state index in [-0.39, 0.29) is 6.54 Å². The number of rotatable bonds is 5. The normalized spacial score (nSPS) is 11.2. The predicted molar refractivity (Wildman–Crippen MR) is 59.9 cm³/mol. The van der Waals surface area contributed by atoms with E-state index in [9.17, 15) is 9.59 Å². The molecule has 0 bridgehead atoms. The van der Waals surface area contributed by atoms with Crippen molar-refractivity contribution in [3.05, 3.63) is 16.1 Å². The van der Waals surface area contributed by atoms with Gasteiger partial charge in [-0.15, -0.1) is 11.3 Å². The first-order valence-electron chi connectivity index (χ1n) is 4.75. The number of aldehydes is 1. The second kappa shape index (κ2) is 5.18. The molecule has 1 rings (SSSR count). The average molecular weight is 242 g/mol. The first-order valence-corrected chi connectivity index (χ1v) is 5.57. The Labute approximate surface area is 98.0 Å². The molecule has 0 aliphatic carbocycles. The minimum absolute atomic E-state index is 0.249. The van der Waals surface area contributed by atoms with Crippen molar-refractivity contribution in [1.29, 1.82) is 0 Å². The molecule has 1 heterocycles. The Morgan fingerprint density at radius 1 is 1.50 bits per heavy atom. The van der Waals surface area contributed by atoms with E-state index in [1.807, 2.05) is 20.8 Å². The van der Waals surface area contributed by atoms with Gasteiger partial charge in [0.2, 0.25) is 6.41 Å². The summed E-state index contributed by atoms with van der Waals surface area (Å²) < 4.78 is 0. The Morgan fingerprint density at radius 2 is 2.19 bits per heavy atom. The van der Waals surface area contributed by atoms with Gasteiger partial charge in [-0.05, 0) is 20.8 Å². The van der Waals surface area contributed by atoms with E-state index in [2.05, 4.69) is 4.98 Å². The molecule has 16 heavy (non-hydrogen) atoms. The molecule has 5 nitrogen and oxygen atoms in total. The number of hydrogen-bond acceptors (Lipinski definition) is 5. The molecule has 0 aromatic carbocycles. The molecule has 0 spiro atoms. The lowest BCUT2D eigenvalue weighted by Crippen LogP contribution is -2.32. The fourth-order valence-corrected chi connectivity index (χ4v) is 1.75. The number of hydroxylamine groups is 2. The van der Waals surface area contributed by atoms with E-state index in [0.29, 0.717) is 16.3 Å². The summed E-state index contributed by atoms with van der Waals surface area (Å²) in [5.74, 6) is 0. The third-order valence-corrected chi connectivity index (χ3v) is 2.39. The average Bonchev–Trinajstić information content (AvgIpc) is 2.62. The molecule has 1 amide bonds. The molecule has 1 aromatic heterocycles. The maximum absolute atomic E-state index is 10.8. The molecule has 0 unspecified atom stereocenters. The fraction of sp³-hybridized carbons (Fsp3) is 0.500. The smallest absolute Gasteiger partial charge is 0.233 e. The highest BCUT2D eigenvalue weighted by Gasteiger charge is 2.17. The van der Waals surface area contributed by atoms with Crippen molar-refractivity contribution < 1.29 is 14.4 Å². The number of thiazole rings is 1. The van der Waals surface area contributed by atoms with Crippen LogP contribution in [0.15, 0.2) is 6.20 Å². The largest absolute Gasteiger partial charge is 0.297 e. The van der Waals surface area contributed by atoms with Crippen LogP contribution in [-0.2, 0) is 16.2 Å². The molecular weight excluding hydrogens is 228 g/mol. The van der Waals surface area contributed by atoms with Crippen LogP contribution in [0, 0.1) is 0 Å². The summed E-state index contributed by atoms with van der Waals surface area (Å²) in [4.78, 5) is 31.2. The summed E-state index contributed by atoms with van der Waals surface area (Å²) in [5.41, 5.74) is -0.439. The van der Waals surface area contributed by atoms with Crippen LogP contribution in [0.3, 0.4) is 0 Å². The van der Waals surface area contributed by atoms with Gasteiger partial charge in [0.1, 0.15) is 11.6 Å². The van der Waals surface area contributed by atoms with E-state index in [1.54, 1.807) is 0 Å². The maximum Gasteiger partial charge on any atom is 0.233 e. The lowest BCUT2D eigenvalue weighted by atomic mass is 10.2. The van der Waals surface area contributed by atoms with E-state index < -0.39 is 5.60 Å². The Bertz CT molecular complexity index is 370. The SMILES string of the molecule is CC(C)(C)ON(C=O)Cc1ncc(C=O)s1. The number of carbonyl (C=O) groups excluding carboxylic acids is 2. The minimum Gasteiger partial charge on any atom is -0.297 e. The summed E-state index contributed by atoms with van der Waals surface area (Å²) in [7, 11) is 0. The molecule has 6 heteroatoms. The van der Waals surface area contributed by atoms with Gasteiger partial charge in [-0.3, -0.25) is 14.4 Å². The molecule has 0 radical (unpaired) electrons. The molecular formula is C10H14N2O3S. The number of amides is 1. The van der Waals surface area contributed by atoms with Crippen molar-refractivity contribution >= 4 is 24.0 Å². The molecule has 88 valence electrons. The van der Waals surface area contributed by atoms with Crippen molar-refractivity contribution in [1.82, 2.24) is 10.0 Å². The van der Waals surface area contributed by atoms with Gasteiger partial charge in [0.15, 0.2) is 6.29 Å². The van der Waals surface area contributed by atoms with Gasteiger partial charge in [0.25, 0.3) is 0 Å². The molecule has 0 atom stereocenters. The molecule has 0 aliphatic heterocycles. The molecule has 0 aliphatic rings. The van der Waals surface area contributed by atoms with Gasteiger partial charge in [-0.1, -0.05) is 0 Å². The van der Waals surface area contributed by atoms with Crippen molar-refractivity contribution in [2.75, 3.05) is 0 Å². The zero-order valence-corrected chi connectivity index (χ0v) is 10.3. The van der Waals surface area contributed by atoms with Gasteiger partial charge in [0, 0.05) is 6.20 Å². The highest BCUT2D eigenvalue weighted by molar-refractivity contribution is 7.13. The van der Waals surface area contributed by atoms with E-state index in [4.69, 9.17) is 4.84 Å².